The smallest absolute Gasteiger partial charge is 0.108 e. The Kier molecular flexibility index (Phi) is 6.20. The van der Waals surface area contributed by atoms with Gasteiger partial charge in [0.1, 0.15) is 6.23 Å². The summed E-state index contributed by atoms with van der Waals surface area (Å²) in [6.07, 6.45) is 9.48. The third-order valence-corrected chi connectivity index (χ3v) is 2.96. The van der Waals surface area contributed by atoms with Gasteiger partial charge in [0, 0.05) is 12.6 Å². The van der Waals surface area contributed by atoms with Crippen molar-refractivity contribution in [2.24, 2.45) is 0 Å². The lowest BCUT2D eigenvalue weighted by molar-refractivity contribution is 0.0227. The van der Waals surface area contributed by atoms with Crippen LogP contribution in [0.15, 0.2) is 0 Å². The Hall–Kier alpha value is -0.0800. The minimum Gasteiger partial charge on any atom is -0.364 e. The van der Waals surface area contributed by atoms with Gasteiger partial charge in [0.15, 0.2) is 0 Å². The van der Waals surface area contributed by atoms with E-state index in [1.165, 1.54) is 44.9 Å². The molecule has 0 amide bonds. The highest BCUT2D eigenvalue weighted by Crippen LogP contribution is 2.19. The van der Waals surface area contributed by atoms with E-state index in [0.717, 1.165) is 12.6 Å². The predicted molar refractivity (Wildman–Crippen MR) is 60.3 cm³/mol. The van der Waals surface area contributed by atoms with Gasteiger partial charge in [-0.1, -0.05) is 26.2 Å². The molecule has 1 fully saturated rings. The van der Waals surface area contributed by atoms with Gasteiger partial charge in [0.2, 0.25) is 0 Å². The highest BCUT2D eigenvalue weighted by molar-refractivity contribution is 4.75. The Balaban J connectivity index is 2.18. The van der Waals surface area contributed by atoms with Crippen LogP contribution in [-0.4, -0.2) is 18.9 Å². The summed E-state index contributed by atoms with van der Waals surface area (Å²) in [5.74, 6) is 0. The third kappa shape index (κ3) is 4.43. The van der Waals surface area contributed by atoms with Crippen molar-refractivity contribution < 1.29 is 4.74 Å². The van der Waals surface area contributed by atoms with Crippen LogP contribution in [0.3, 0.4) is 0 Å². The summed E-state index contributed by atoms with van der Waals surface area (Å²) in [7, 11) is 0. The zero-order valence-corrected chi connectivity index (χ0v) is 9.72. The van der Waals surface area contributed by atoms with Crippen molar-refractivity contribution in [3.8, 4) is 0 Å². The van der Waals surface area contributed by atoms with Crippen LogP contribution in [0, 0.1) is 0 Å². The first-order valence-electron chi connectivity index (χ1n) is 6.24. The van der Waals surface area contributed by atoms with Crippen molar-refractivity contribution in [2.45, 2.75) is 71.1 Å². The molecule has 1 rings (SSSR count). The van der Waals surface area contributed by atoms with Crippen LogP contribution in [0.5, 0.6) is 0 Å². The average molecular weight is 199 g/mol. The van der Waals surface area contributed by atoms with Gasteiger partial charge in [0.25, 0.3) is 0 Å². The molecule has 0 aliphatic heterocycles. The molecule has 0 aromatic rings. The molecule has 14 heavy (non-hydrogen) atoms. The molecule has 1 saturated carbocycles. The van der Waals surface area contributed by atoms with Crippen LogP contribution < -0.4 is 5.32 Å². The fraction of sp³-hybridized carbons (Fsp3) is 1.00. The second-order valence-electron chi connectivity index (χ2n) is 4.23. The van der Waals surface area contributed by atoms with Crippen molar-refractivity contribution in [2.75, 3.05) is 6.61 Å². The van der Waals surface area contributed by atoms with E-state index < -0.39 is 0 Å². The van der Waals surface area contributed by atoms with E-state index in [1.807, 2.05) is 0 Å². The average Bonchev–Trinajstić information content (AvgIpc) is 2.67. The minimum absolute atomic E-state index is 0.308. The zero-order valence-electron chi connectivity index (χ0n) is 9.72. The van der Waals surface area contributed by atoms with Crippen LogP contribution in [0.2, 0.25) is 0 Å². The number of ether oxygens (including phenoxy) is 1. The minimum atomic E-state index is 0.308. The first-order chi connectivity index (χ1) is 6.86. The number of rotatable bonds is 7. The van der Waals surface area contributed by atoms with Crippen molar-refractivity contribution in [1.82, 2.24) is 5.32 Å². The number of hydrogen-bond acceptors (Lipinski definition) is 2. The maximum atomic E-state index is 5.69. The maximum absolute atomic E-state index is 5.69. The molecule has 2 heteroatoms. The molecule has 1 N–H and O–H groups in total. The maximum Gasteiger partial charge on any atom is 0.108 e. The Labute approximate surface area is 88.4 Å². The van der Waals surface area contributed by atoms with Gasteiger partial charge in [0.05, 0.1) is 0 Å². The van der Waals surface area contributed by atoms with E-state index in [4.69, 9.17) is 4.74 Å². The van der Waals surface area contributed by atoms with Crippen molar-refractivity contribution in [3.05, 3.63) is 0 Å². The zero-order chi connectivity index (χ0) is 10.2. The van der Waals surface area contributed by atoms with Gasteiger partial charge >= 0.3 is 0 Å². The summed E-state index contributed by atoms with van der Waals surface area (Å²) in [5, 5.41) is 3.63. The summed E-state index contributed by atoms with van der Waals surface area (Å²) >= 11 is 0. The summed E-state index contributed by atoms with van der Waals surface area (Å²) in [6, 6.07) is 0.725. The van der Waals surface area contributed by atoms with E-state index in [9.17, 15) is 0 Å². The molecule has 0 aromatic heterocycles. The van der Waals surface area contributed by atoms with Crippen LogP contribution in [-0.2, 0) is 4.74 Å². The lowest BCUT2D eigenvalue weighted by atomic mass is 10.2. The molecule has 1 atom stereocenters. The number of unbranched alkanes of at least 4 members (excludes halogenated alkanes) is 1. The molecule has 0 spiro atoms. The van der Waals surface area contributed by atoms with E-state index in [-0.39, 0.29) is 0 Å². The summed E-state index contributed by atoms with van der Waals surface area (Å²) in [5.41, 5.74) is 0. The number of nitrogens with one attached hydrogen (secondary N) is 1. The second-order valence-corrected chi connectivity index (χ2v) is 4.23. The SMILES string of the molecule is CCCCC(NC1CCCC1)OCC. The first kappa shape index (κ1) is 12.0. The Morgan fingerprint density at radius 2 is 2.00 bits per heavy atom. The normalized spacial score (nSPS) is 20.1. The molecule has 0 aromatic carbocycles. The molecular weight excluding hydrogens is 174 g/mol. The van der Waals surface area contributed by atoms with Gasteiger partial charge in [-0.3, -0.25) is 5.32 Å². The second kappa shape index (κ2) is 7.24. The molecule has 1 aliphatic rings. The molecule has 1 unspecified atom stereocenters. The molecule has 0 heterocycles. The highest BCUT2D eigenvalue weighted by Gasteiger charge is 2.18. The van der Waals surface area contributed by atoms with E-state index >= 15 is 0 Å². The fourth-order valence-corrected chi connectivity index (χ4v) is 2.16. The fourth-order valence-electron chi connectivity index (χ4n) is 2.16. The summed E-state index contributed by atoms with van der Waals surface area (Å²) in [6.45, 7) is 5.14. The van der Waals surface area contributed by atoms with Crippen LogP contribution in [0.25, 0.3) is 0 Å². The highest BCUT2D eigenvalue weighted by atomic mass is 16.5. The lowest BCUT2D eigenvalue weighted by Gasteiger charge is -2.22. The van der Waals surface area contributed by atoms with Gasteiger partial charge in [-0.2, -0.15) is 0 Å². The predicted octanol–water partition coefficient (Wildman–Crippen LogP) is 3.07. The van der Waals surface area contributed by atoms with Crippen molar-refractivity contribution in [1.29, 1.82) is 0 Å². The van der Waals surface area contributed by atoms with Gasteiger partial charge in [-0.25, -0.2) is 0 Å². The quantitative estimate of drug-likeness (QED) is 0.636. The van der Waals surface area contributed by atoms with Crippen molar-refractivity contribution >= 4 is 0 Å². The van der Waals surface area contributed by atoms with Gasteiger partial charge in [-0.05, 0) is 32.6 Å². The van der Waals surface area contributed by atoms with Gasteiger partial charge in [-0.15, -0.1) is 0 Å². The topological polar surface area (TPSA) is 21.3 Å². The number of hydrogen-bond donors (Lipinski definition) is 1. The van der Waals surface area contributed by atoms with Crippen molar-refractivity contribution in [3.63, 3.8) is 0 Å². The molecule has 0 saturated heterocycles. The Morgan fingerprint density at radius 3 is 2.57 bits per heavy atom. The largest absolute Gasteiger partial charge is 0.364 e. The van der Waals surface area contributed by atoms with Crippen LogP contribution in [0.1, 0.15) is 58.8 Å². The summed E-state index contributed by atoms with van der Waals surface area (Å²) < 4.78 is 5.69. The standard InChI is InChI=1S/C12H25NO/c1-3-5-10-12(14-4-2)13-11-8-6-7-9-11/h11-13H,3-10H2,1-2H3. The lowest BCUT2D eigenvalue weighted by Crippen LogP contribution is -2.38. The monoisotopic (exact) mass is 199 g/mol. The van der Waals surface area contributed by atoms with E-state index in [2.05, 4.69) is 19.2 Å². The van der Waals surface area contributed by atoms with E-state index in [0.29, 0.717) is 6.23 Å². The summed E-state index contributed by atoms with van der Waals surface area (Å²) in [4.78, 5) is 0. The first-order valence-corrected chi connectivity index (χ1v) is 6.24. The molecule has 0 radical (unpaired) electrons. The van der Waals surface area contributed by atoms with Crippen LogP contribution in [0.4, 0.5) is 0 Å². The van der Waals surface area contributed by atoms with Gasteiger partial charge < -0.3 is 4.74 Å². The molecule has 1 aliphatic carbocycles. The molecular formula is C12H25NO. The third-order valence-electron chi connectivity index (χ3n) is 2.96. The molecule has 84 valence electrons. The Bertz CT molecular complexity index is 132. The van der Waals surface area contributed by atoms with Crippen LogP contribution >= 0.6 is 0 Å². The Morgan fingerprint density at radius 1 is 1.29 bits per heavy atom. The van der Waals surface area contributed by atoms with E-state index in [1.54, 1.807) is 0 Å². The molecule has 0 bridgehead atoms. The molecule has 2 nitrogen and oxygen atoms in total.